The molecule has 1 saturated heterocycles. The van der Waals surface area contributed by atoms with Crippen molar-refractivity contribution < 1.29 is 9.59 Å². The standard InChI is InChI=1S/C15H22N4O2/c1-10-5-3-4-8-19(10)15(21)11(2)18-13-9-12(14(16)20)6-7-17-13/h6-7,9-11H,3-5,8H2,1-2H3,(H2,16,20)(H,17,18)/t10-,11-/m1/s1. The van der Waals surface area contributed by atoms with Crippen LogP contribution >= 0.6 is 0 Å². The van der Waals surface area contributed by atoms with E-state index in [-0.39, 0.29) is 18.0 Å². The number of aromatic nitrogens is 1. The van der Waals surface area contributed by atoms with Gasteiger partial charge in [-0.05, 0) is 45.2 Å². The lowest BCUT2D eigenvalue weighted by Gasteiger charge is -2.35. The van der Waals surface area contributed by atoms with Crippen LogP contribution in [-0.2, 0) is 4.79 Å². The Morgan fingerprint density at radius 1 is 1.48 bits per heavy atom. The zero-order valence-corrected chi connectivity index (χ0v) is 12.5. The lowest BCUT2D eigenvalue weighted by atomic mass is 10.0. The van der Waals surface area contributed by atoms with Gasteiger partial charge in [-0.3, -0.25) is 9.59 Å². The van der Waals surface area contributed by atoms with E-state index in [0.29, 0.717) is 11.4 Å². The molecule has 0 spiro atoms. The Morgan fingerprint density at radius 3 is 2.90 bits per heavy atom. The molecule has 0 unspecified atom stereocenters. The van der Waals surface area contributed by atoms with Gasteiger partial charge in [-0.15, -0.1) is 0 Å². The summed E-state index contributed by atoms with van der Waals surface area (Å²) < 4.78 is 0. The molecule has 0 radical (unpaired) electrons. The van der Waals surface area contributed by atoms with E-state index < -0.39 is 5.91 Å². The Labute approximate surface area is 124 Å². The van der Waals surface area contributed by atoms with E-state index in [1.54, 1.807) is 12.1 Å². The van der Waals surface area contributed by atoms with E-state index in [9.17, 15) is 9.59 Å². The van der Waals surface area contributed by atoms with Crippen LogP contribution in [0.2, 0.25) is 0 Å². The van der Waals surface area contributed by atoms with Crippen molar-refractivity contribution in [1.82, 2.24) is 9.88 Å². The van der Waals surface area contributed by atoms with Crippen LogP contribution in [0.25, 0.3) is 0 Å². The fourth-order valence-corrected chi connectivity index (χ4v) is 2.62. The lowest BCUT2D eigenvalue weighted by Crippen LogP contribution is -2.48. The summed E-state index contributed by atoms with van der Waals surface area (Å²) in [6.07, 6.45) is 4.78. The minimum Gasteiger partial charge on any atom is -0.366 e. The van der Waals surface area contributed by atoms with Crippen LogP contribution in [0, 0.1) is 0 Å². The SMILES string of the molecule is C[C@@H]1CCCCN1C(=O)[C@@H](C)Nc1cc(C(N)=O)ccn1. The van der Waals surface area contributed by atoms with Crippen LogP contribution in [0.4, 0.5) is 5.82 Å². The normalized spacial score (nSPS) is 19.9. The smallest absolute Gasteiger partial charge is 0.248 e. The summed E-state index contributed by atoms with van der Waals surface area (Å²) in [6, 6.07) is 3.00. The number of rotatable bonds is 4. The number of hydrogen-bond acceptors (Lipinski definition) is 4. The Kier molecular flexibility index (Phi) is 4.77. The van der Waals surface area contributed by atoms with E-state index in [2.05, 4.69) is 17.2 Å². The molecular formula is C15H22N4O2. The highest BCUT2D eigenvalue weighted by molar-refractivity contribution is 5.93. The van der Waals surface area contributed by atoms with Crippen molar-refractivity contribution in [2.45, 2.75) is 45.2 Å². The molecular weight excluding hydrogens is 268 g/mol. The molecule has 21 heavy (non-hydrogen) atoms. The highest BCUT2D eigenvalue weighted by Crippen LogP contribution is 2.18. The molecule has 1 aromatic heterocycles. The minimum absolute atomic E-state index is 0.0634. The Bertz CT molecular complexity index is 532. The average Bonchev–Trinajstić information content (AvgIpc) is 2.47. The number of carbonyl (C=O) groups is 2. The molecule has 1 aromatic rings. The van der Waals surface area contributed by atoms with Crippen LogP contribution in [0.15, 0.2) is 18.3 Å². The average molecular weight is 290 g/mol. The quantitative estimate of drug-likeness (QED) is 0.877. The van der Waals surface area contributed by atoms with Crippen LogP contribution in [0.3, 0.4) is 0 Å². The van der Waals surface area contributed by atoms with E-state index >= 15 is 0 Å². The first-order chi connectivity index (χ1) is 9.99. The van der Waals surface area contributed by atoms with Crippen molar-refractivity contribution in [3.8, 4) is 0 Å². The maximum absolute atomic E-state index is 12.5. The molecule has 0 aliphatic carbocycles. The summed E-state index contributed by atoms with van der Waals surface area (Å²) in [7, 11) is 0. The molecule has 6 nitrogen and oxygen atoms in total. The van der Waals surface area contributed by atoms with Gasteiger partial charge in [0.1, 0.15) is 11.9 Å². The second-order valence-corrected chi connectivity index (χ2v) is 5.54. The number of hydrogen-bond donors (Lipinski definition) is 2. The maximum Gasteiger partial charge on any atom is 0.248 e. The number of pyridine rings is 1. The second kappa shape index (κ2) is 6.56. The summed E-state index contributed by atoms with van der Waals surface area (Å²) in [4.78, 5) is 29.7. The molecule has 2 heterocycles. The number of likely N-dealkylation sites (tertiary alicyclic amines) is 1. The van der Waals surface area contributed by atoms with E-state index in [1.807, 2.05) is 11.8 Å². The molecule has 2 amide bonds. The first-order valence-electron chi connectivity index (χ1n) is 7.32. The number of anilines is 1. The zero-order chi connectivity index (χ0) is 15.4. The molecule has 0 saturated carbocycles. The Balaban J connectivity index is 2.03. The van der Waals surface area contributed by atoms with Gasteiger partial charge in [0.15, 0.2) is 0 Å². The van der Waals surface area contributed by atoms with Crippen LogP contribution in [-0.4, -0.2) is 40.3 Å². The zero-order valence-electron chi connectivity index (χ0n) is 12.5. The van der Waals surface area contributed by atoms with E-state index in [0.717, 1.165) is 19.4 Å². The highest BCUT2D eigenvalue weighted by atomic mass is 16.2. The molecule has 1 fully saturated rings. The predicted molar refractivity (Wildman–Crippen MR) is 80.9 cm³/mol. The highest BCUT2D eigenvalue weighted by Gasteiger charge is 2.27. The predicted octanol–water partition coefficient (Wildman–Crippen LogP) is 1.38. The summed E-state index contributed by atoms with van der Waals surface area (Å²) in [5.41, 5.74) is 5.61. The summed E-state index contributed by atoms with van der Waals surface area (Å²) in [5.74, 6) is 0.0365. The molecule has 1 aliphatic rings. The lowest BCUT2D eigenvalue weighted by molar-refractivity contribution is -0.134. The van der Waals surface area contributed by atoms with Crippen molar-refractivity contribution in [2.75, 3.05) is 11.9 Å². The van der Waals surface area contributed by atoms with Crippen molar-refractivity contribution in [2.24, 2.45) is 5.73 Å². The number of nitrogens with zero attached hydrogens (tertiary/aromatic N) is 2. The van der Waals surface area contributed by atoms with Crippen LogP contribution in [0.5, 0.6) is 0 Å². The van der Waals surface area contributed by atoms with Gasteiger partial charge in [0.05, 0.1) is 0 Å². The van der Waals surface area contributed by atoms with E-state index in [4.69, 9.17) is 5.73 Å². The molecule has 2 rings (SSSR count). The van der Waals surface area contributed by atoms with Crippen molar-refractivity contribution in [3.63, 3.8) is 0 Å². The third-order valence-corrected chi connectivity index (χ3v) is 3.87. The second-order valence-electron chi connectivity index (χ2n) is 5.54. The molecule has 114 valence electrons. The van der Waals surface area contributed by atoms with Crippen molar-refractivity contribution >= 4 is 17.6 Å². The number of nitrogens with two attached hydrogens (primary N) is 1. The molecule has 1 aliphatic heterocycles. The summed E-state index contributed by atoms with van der Waals surface area (Å²) in [5, 5.41) is 3.04. The monoisotopic (exact) mass is 290 g/mol. The number of nitrogens with one attached hydrogen (secondary N) is 1. The maximum atomic E-state index is 12.5. The van der Waals surface area contributed by atoms with Gasteiger partial charge in [-0.25, -0.2) is 4.98 Å². The van der Waals surface area contributed by atoms with Gasteiger partial charge < -0.3 is 16.0 Å². The van der Waals surface area contributed by atoms with Gasteiger partial charge in [0.2, 0.25) is 11.8 Å². The van der Waals surface area contributed by atoms with Crippen LogP contribution < -0.4 is 11.1 Å². The van der Waals surface area contributed by atoms with E-state index in [1.165, 1.54) is 12.6 Å². The van der Waals surface area contributed by atoms with Crippen LogP contribution in [0.1, 0.15) is 43.5 Å². The molecule has 3 N–H and O–H groups in total. The van der Waals surface area contributed by atoms with Gasteiger partial charge in [0, 0.05) is 24.3 Å². The topological polar surface area (TPSA) is 88.3 Å². The van der Waals surface area contributed by atoms with Gasteiger partial charge >= 0.3 is 0 Å². The summed E-state index contributed by atoms with van der Waals surface area (Å²) >= 11 is 0. The third-order valence-electron chi connectivity index (χ3n) is 3.87. The van der Waals surface area contributed by atoms with Crippen molar-refractivity contribution in [3.05, 3.63) is 23.9 Å². The number of piperidine rings is 1. The number of primary amides is 1. The number of carbonyl (C=O) groups excluding carboxylic acids is 2. The molecule has 0 bridgehead atoms. The van der Waals surface area contributed by atoms with Gasteiger partial charge in [-0.1, -0.05) is 0 Å². The molecule has 0 aromatic carbocycles. The third kappa shape index (κ3) is 3.71. The first-order valence-corrected chi connectivity index (χ1v) is 7.32. The largest absolute Gasteiger partial charge is 0.366 e. The first kappa shape index (κ1) is 15.3. The Hall–Kier alpha value is -2.11. The fraction of sp³-hybridized carbons (Fsp3) is 0.533. The Morgan fingerprint density at radius 2 is 2.24 bits per heavy atom. The molecule has 2 atom stereocenters. The number of amides is 2. The summed E-state index contributed by atoms with van der Waals surface area (Å²) in [6.45, 7) is 4.69. The van der Waals surface area contributed by atoms with Crippen molar-refractivity contribution in [1.29, 1.82) is 0 Å². The molecule has 6 heteroatoms. The minimum atomic E-state index is -0.510. The van der Waals surface area contributed by atoms with Gasteiger partial charge in [0.25, 0.3) is 0 Å². The van der Waals surface area contributed by atoms with Gasteiger partial charge in [-0.2, -0.15) is 0 Å². The fourth-order valence-electron chi connectivity index (χ4n) is 2.62.